The molecule has 3 aliphatic rings. The molecule has 0 radical (unpaired) electrons. The molecule has 9 nitrogen and oxygen atoms in total. The predicted molar refractivity (Wildman–Crippen MR) is 150 cm³/mol. The zero-order valence-electron chi connectivity index (χ0n) is 23.0. The lowest BCUT2D eigenvalue weighted by atomic mass is 9.92. The van der Waals surface area contributed by atoms with Crippen LogP contribution in [0.1, 0.15) is 36.0 Å². The van der Waals surface area contributed by atoms with Gasteiger partial charge in [0, 0.05) is 44.0 Å². The molecule has 14 heteroatoms. The molecule has 2 aromatic carbocycles. The molecule has 0 saturated carbocycles. The van der Waals surface area contributed by atoms with Crippen LogP contribution in [0.4, 0.5) is 28.0 Å². The summed E-state index contributed by atoms with van der Waals surface area (Å²) in [6, 6.07) is 5.73. The van der Waals surface area contributed by atoms with Crippen molar-refractivity contribution in [1.29, 1.82) is 0 Å². The van der Waals surface area contributed by atoms with Crippen LogP contribution in [0, 0.1) is 11.7 Å². The van der Waals surface area contributed by atoms with Crippen LogP contribution in [0.15, 0.2) is 30.5 Å². The van der Waals surface area contributed by atoms with Gasteiger partial charge < -0.3 is 20.0 Å². The van der Waals surface area contributed by atoms with E-state index in [1.165, 1.54) is 12.3 Å². The van der Waals surface area contributed by atoms with Crippen LogP contribution in [-0.4, -0.2) is 81.1 Å². The summed E-state index contributed by atoms with van der Waals surface area (Å²) in [7, 11) is 0. The highest BCUT2D eigenvalue weighted by molar-refractivity contribution is 6.35. The molecule has 1 atom stereocenters. The van der Waals surface area contributed by atoms with E-state index in [-0.39, 0.29) is 37.0 Å². The lowest BCUT2D eigenvalue weighted by Crippen LogP contribution is -2.50. The van der Waals surface area contributed by atoms with Gasteiger partial charge in [-0.3, -0.25) is 14.7 Å². The number of anilines is 1. The fourth-order valence-corrected chi connectivity index (χ4v) is 6.77. The van der Waals surface area contributed by atoms with Gasteiger partial charge in [-0.05, 0) is 54.5 Å². The lowest BCUT2D eigenvalue weighted by molar-refractivity contribution is -0.165. The number of halogens is 5. The minimum absolute atomic E-state index is 0.0661. The van der Waals surface area contributed by atoms with E-state index < -0.39 is 36.4 Å². The number of nitrogens with one attached hydrogen (secondary N) is 2. The maximum atomic E-state index is 14.3. The number of H-pyrrole nitrogens is 1. The molecular weight excluding hydrogens is 592 g/mol. The van der Waals surface area contributed by atoms with Gasteiger partial charge in [0.2, 0.25) is 11.8 Å². The van der Waals surface area contributed by atoms with Crippen molar-refractivity contribution in [1.82, 2.24) is 24.9 Å². The van der Waals surface area contributed by atoms with Crippen LogP contribution in [0.5, 0.6) is 0 Å². The molecule has 1 saturated heterocycles. The first-order valence-corrected chi connectivity index (χ1v) is 14.5. The van der Waals surface area contributed by atoms with Crippen LogP contribution < -0.4 is 5.32 Å². The molecule has 0 spiro atoms. The molecule has 4 heterocycles. The Hall–Kier alpha value is -3.87. The number of aromatic amines is 1. The number of benzene rings is 2. The number of hydrogen-bond donors (Lipinski definition) is 2. The van der Waals surface area contributed by atoms with Crippen molar-refractivity contribution in [2.75, 3.05) is 31.5 Å². The van der Waals surface area contributed by atoms with Crippen molar-refractivity contribution in [2.24, 2.45) is 5.92 Å². The van der Waals surface area contributed by atoms with Crippen molar-refractivity contribution in [3.8, 4) is 0 Å². The summed E-state index contributed by atoms with van der Waals surface area (Å²) in [6.45, 7) is -0.671. The quantitative estimate of drug-likeness (QED) is 0.406. The first-order valence-electron chi connectivity index (χ1n) is 14.1. The maximum Gasteiger partial charge on any atom is 0.406 e. The topological polar surface area (TPSA) is 102 Å². The first-order chi connectivity index (χ1) is 20.5. The number of nitrogens with zero attached hydrogens (tertiary/aromatic N) is 4. The number of urea groups is 1. The molecule has 6 rings (SSSR count). The van der Waals surface area contributed by atoms with Gasteiger partial charge in [0.1, 0.15) is 12.4 Å². The first kappa shape index (κ1) is 29.2. The highest BCUT2D eigenvalue weighted by Gasteiger charge is 2.40. The molecule has 3 aromatic rings. The molecule has 0 bridgehead atoms. The number of alkyl halides is 3. The van der Waals surface area contributed by atoms with Gasteiger partial charge in [-0.25, -0.2) is 9.18 Å². The Balaban J connectivity index is 1.15. The minimum atomic E-state index is -4.62. The summed E-state index contributed by atoms with van der Waals surface area (Å²) in [5, 5.41) is 10.3. The Kier molecular flexibility index (Phi) is 7.69. The van der Waals surface area contributed by atoms with Crippen LogP contribution in [0.2, 0.25) is 5.02 Å². The van der Waals surface area contributed by atoms with Gasteiger partial charge in [0.15, 0.2) is 0 Å². The maximum absolute atomic E-state index is 14.3. The number of carbonyl (C=O) groups excluding carboxylic acids is 3. The summed E-state index contributed by atoms with van der Waals surface area (Å²) < 4.78 is 54.8. The van der Waals surface area contributed by atoms with Crippen molar-refractivity contribution in [2.45, 2.75) is 50.9 Å². The Morgan fingerprint density at radius 3 is 2.63 bits per heavy atom. The van der Waals surface area contributed by atoms with E-state index in [1.807, 2.05) is 0 Å². The summed E-state index contributed by atoms with van der Waals surface area (Å²) in [5.41, 5.74) is 2.51. The van der Waals surface area contributed by atoms with Gasteiger partial charge in [0.25, 0.3) is 0 Å². The fraction of sp³-hybridized carbons (Fsp3) is 0.448. The predicted octanol–water partition coefficient (Wildman–Crippen LogP) is 4.89. The number of likely N-dealkylation sites (tertiary alicyclic amines) is 1. The third kappa shape index (κ3) is 5.86. The van der Waals surface area contributed by atoms with Crippen LogP contribution >= 0.6 is 11.6 Å². The summed E-state index contributed by atoms with van der Waals surface area (Å²) in [6.07, 6.45) is -1.88. The average molecular weight is 621 g/mol. The normalized spacial score (nSPS) is 20.0. The molecule has 1 fully saturated rings. The molecule has 2 N–H and O–H groups in total. The van der Waals surface area contributed by atoms with E-state index >= 15 is 0 Å². The van der Waals surface area contributed by atoms with E-state index in [9.17, 15) is 31.9 Å². The second kappa shape index (κ2) is 11.3. The third-order valence-electron chi connectivity index (χ3n) is 8.63. The molecular formula is C29H29ClF4N6O3. The highest BCUT2D eigenvalue weighted by atomic mass is 35.5. The summed E-state index contributed by atoms with van der Waals surface area (Å²) >= 11 is 6.40. The Labute approximate surface area is 249 Å². The number of fused-ring (bicyclic) bond motifs is 4. The van der Waals surface area contributed by atoms with Crippen molar-refractivity contribution >= 4 is 46.0 Å². The number of aromatic nitrogens is 2. The van der Waals surface area contributed by atoms with E-state index in [0.29, 0.717) is 71.5 Å². The molecule has 43 heavy (non-hydrogen) atoms. The largest absolute Gasteiger partial charge is 0.406 e. The zero-order chi connectivity index (χ0) is 30.5. The molecule has 0 aliphatic carbocycles. The SMILES string of the molecule is O=C(CC1Cc2cc(Cl)c3[nH]ncc3c2CN(CC(F)(F)F)C1=O)N1CCC(N2CCc3cccc(F)c3NC2=O)CC1. The fourth-order valence-electron chi connectivity index (χ4n) is 6.49. The van der Waals surface area contributed by atoms with E-state index in [0.717, 1.165) is 4.90 Å². The second-order valence-electron chi connectivity index (χ2n) is 11.3. The standard InChI is InChI=1S/C29H29ClF4N6O3/c30-22-11-17-10-18(27(42)39(15-29(32,33)34)14-21(17)20-13-35-37-26(20)22)12-24(41)38-7-5-19(6-8-38)40-9-4-16-2-1-3-23(31)25(16)36-28(40)43/h1-3,11,13,18-19H,4-10,12,14-15H2,(H,35,37)(H,36,43). The Morgan fingerprint density at radius 1 is 1.12 bits per heavy atom. The van der Waals surface area contributed by atoms with Crippen molar-refractivity contribution in [3.05, 3.63) is 58.0 Å². The van der Waals surface area contributed by atoms with Gasteiger partial charge in [-0.15, -0.1) is 0 Å². The number of para-hydroxylation sites is 1. The lowest BCUT2D eigenvalue weighted by Gasteiger charge is -2.38. The molecule has 1 unspecified atom stereocenters. The minimum Gasteiger partial charge on any atom is -0.343 e. The highest BCUT2D eigenvalue weighted by Crippen LogP contribution is 2.35. The van der Waals surface area contributed by atoms with Crippen LogP contribution in [0.3, 0.4) is 0 Å². The number of rotatable bonds is 4. The Morgan fingerprint density at radius 2 is 1.88 bits per heavy atom. The van der Waals surface area contributed by atoms with Gasteiger partial charge in [-0.2, -0.15) is 18.3 Å². The molecule has 4 amide bonds. The summed E-state index contributed by atoms with van der Waals surface area (Å²) in [5.74, 6) is -2.57. The van der Waals surface area contributed by atoms with E-state index in [1.54, 1.807) is 28.0 Å². The van der Waals surface area contributed by atoms with Crippen LogP contribution in [0.25, 0.3) is 10.9 Å². The number of hydrogen-bond acceptors (Lipinski definition) is 4. The third-order valence-corrected chi connectivity index (χ3v) is 8.93. The number of piperidine rings is 1. The van der Waals surface area contributed by atoms with Gasteiger partial charge in [0.05, 0.1) is 28.3 Å². The number of carbonyl (C=O) groups is 3. The average Bonchev–Trinajstić information content (AvgIpc) is 3.34. The monoisotopic (exact) mass is 620 g/mol. The van der Waals surface area contributed by atoms with Gasteiger partial charge >= 0.3 is 12.2 Å². The van der Waals surface area contributed by atoms with Gasteiger partial charge in [-0.1, -0.05) is 23.7 Å². The van der Waals surface area contributed by atoms with Crippen molar-refractivity contribution < 1.29 is 31.9 Å². The van der Waals surface area contributed by atoms with Crippen molar-refractivity contribution in [3.63, 3.8) is 0 Å². The molecule has 3 aliphatic heterocycles. The van der Waals surface area contributed by atoms with E-state index in [4.69, 9.17) is 11.6 Å². The number of amides is 4. The van der Waals surface area contributed by atoms with E-state index in [2.05, 4.69) is 15.5 Å². The molecule has 228 valence electrons. The second-order valence-corrected chi connectivity index (χ2v) is 11.7. The smallest absolute Gasteiger partial charge is 0.343 e. The Bertz CT molecular complexity index is 1590. The zero-order valence-corrected chi connectivity index (χ0v) is 23.8. The summed E-state index contributed by atoms with van der Waals surface area (Å²) in [4.78, 5) is 43.8. The molecule has 1 aromatic heterocycles. The van der Waals surface area contributed by atoms with Crippen LogP contribution in [-0.2, 0) is 29.0 Å².